The number of hydrogen-bond acceptors (Lipinski definition) is 6. The predicted molar refractivity (Wildman–Crippen MR) is 123 cm³/mol. The lowest BCUT2D eigenvalue weighted by Gasteiger charge is -2.13. The van der Waals surface area contributed by atoms with Crippen LogP contribution in [0.5, 0.6) is 0 Å². The van der Waals surface area contributed by atoms with Gasteiger partial charge in [-0.05, 0) is 44.0 Å². The molecule has 31 heavy (non-hydrogen) atoms. The number of sulfonamides is 1. The van der Waals surface area contributed by atoms with Crippen LogP contribution in [-0.4, -0.2) is 42.3 Å². The molecule has 1 N–H and O–H groups in total. The van der Waals surface area contributed by atoms with Crippen molar-refractivity contribution in [3.05, 3.63) is 54.6 Å². The van der Waals surface area contributed by atoms with Crippen molar-refractivity contribution in [2.24, 2.45) is 0 Å². The molecule has 0 aliphatic carbocycles. The normalized spacial score (nSPS) is 12.7. The Morgan fingerprint density at radius 2 is 1.87 bits per heavy atom. The molecule has 0 aliphatic rings. The molecule has 0 saturated heterocycles. The van der Waals surface area contributed by atoms with E-state index in [1.165, 1.54) is 11.8 Å². The van der Waals surface area contributed by atoms with E-state index in [9.17, 15) is 13.2 Å². The van der Waals surface area contributed by atoms with E-state index in [1.807, 2.05) is 42.7 Å². The third-order valence-corrected chi connectivity index (χ3v) is 7.25. The van der Waals surface area contributed by atoms with Gasteiger partial charge in [0.2, 0.25) is 10.0 Å². The molecule has 1 heterocycles. The Morgan fingerprint density at radius 3 is 2.61 bits per heavy atom. The summed E-state index contributed by atoms with van der Waals surface area (Å²) < 4.78 is 34.5. The van der Waals surface area contributed by atoms with Crippen LogP contribution in [0.15, 0.2) is 64.6 Å². The summed E-state index contributed by atoms with van der Waals surface area (Å²) in [6.07, 6.45) is 1.25. The first-order chi connectivity index (χ1) is 14.9. The topological polar surface area (TPSA) is 90.3 Å². The Morgan fingerprint density at radius 1 is 1.16 bits per heavy atom. The van der Waals surface area contributed by atoms with Crippen molar-refractivity contribution in [1.82, 2.24) is 14.3 Å². The van der Waals surface area contributed by atoms with Gasteiger partial charge in [0.15, 0.2) is 5.16 Å². The molecule has 1 atom stereocenters. The lowest BCUT2D eigenvalue weighted by Crippen LogP contribution is -2.25. The number of carbonyl (C=O) groups excluding carboxylic acids is 1. The van der Waals surface area contributed by atoms with Gasteiger partial charge in [0.05, 0.1) is 22.0 Å². The highest BCUT2D eigenvalue weighted by atomic mass is 32.2. The minimum atomic E-state index is -3.51. The Hall–Kier alpha value is -2.36. The fraction of sp³-hybridized carbons (Fsp3) is 0.364. The van der Waals surface area contributed by atoms with Crippen LogP contribution in [0, 0.1) is 0 Å². The molecule has 166 valence electrons. The second-order valence-electron chi connectivity index (χ2n) is 7.09. The standard InChI is InChI=1S/C22H27N3O4S2/c1-3-17(2)29-21(26)16-25-20-13-8-7-12-19(20)24-22(25)30-15-9-14-23-31(27,28)18-10-5-4-6-11-18/h4-8,10-13,17,23H,3,9,14-16H2,1-2H3. The third-order valence-electron chi connectivity index (χ3n) is 4.71. The summed E-state index contributed by atoms with van der Waals surface area (Å²) in [4.78, 5) is 17.2. The molecule has 1 aromatic heterocycles. The number of thioether (sulfide) groups is 1. The highest BCUT2D eigenvalue weighted by Gasteiger charge is 2.17. The van der Waals surface area contributed by atoms with E-state index in [2.05, 4.69) is 9.71 Å². The molecule has 0 fully saturated rings. The number of ether oxygens (including phenoxy) is 1. The van der Waals surface area contributed by atoms with Crippen LogP contribution < -0.4 is 4.72 Å². The molecule has 3 rings (SSSR count). The molecule has 0 radical (unpaired) electrons. The maximum absolute atomic E-state index is 12.3. The van der Waals surface area contributed by atoms with Crippen LogP contribution in [0.4, 0.5) is 0 Å². The van der Waals surface area contributed by atoms with Crippen molar-refractivity contribution < 1.29 is 17.9 Å². The molecule has 0 spiro atoms. The molecule has 0 amide bonds. The van der Waals surface area contributed by atoms with Crippen molar-refractivity contribution in [2.75, 3.05) is 12.3 Å². The summed E-state index contributed by atoms with van der Waals surface area (Å²) in [5, 5.41) is 0.716. The fourth-order valence-corrected chi connectivity index (χ4v) is 4.96. The van der Waals surface area contributed by atoms with Crippen LogP contribution in [0.3, 0.4) is 0 Å². The van der Waals surface area contributed by atoms with Gasteiger partial charge >= 0.3 is 5.97 Å². The molecule has 0 saturated carbocycles. The highest BCUT2D eigenvalue weighted by molar-refractivity contribution is 7.99. The first-order valence-electron chi connectivity index (χ1n) is 10.2. The van der Waals surface area contributed by atoms with E-state index < -0.39 is 10.0 Å². The third kappa shape index (κ3) is 6.32. The Labute approximate surface area is 187 Å². The maximum Gasteiger partial charge on any atom is 0.326 e. The van der Waals surface area contributed by atoms with Gasteiger partial charge in [0.1, 0.15) is 6.54 Å². The smallest absolute Gasteiger partial charge is 0.326 e. The molecular weight excluding hydrogens is 434 g/mol. The number of aromatic nitrogens is 2. The number of fused-ring (bicyclic) bond motifs is 1. The first kappa shape index (κ1) is 23.3. The SMILES string of the molecule is CCC(C)OC(=O)Cn1c(SCCCNS(=O)(=O)c2ccccc2)nc2ccccc21. The number of para-hydroxylation sites is 2. The zero-order chi connectivity index (χ0) is 22.3. The zero-order valence-corrected chi connectivity index (χ0v) is 19.3. The fourth-order valence-electron chi connectivity index (χ4n) is 2.92. The largest absolute Gasteiger partial charge is 0.461 e. The molecule has 2 aromatic carbocycles. The van der Waals surface area contributed by atoms with E-state index in [4.69, 9.17) is 4.74 Å². The van der Waals surface area contributed by atoms with Crippen molar-refractivity contribution >= 4 is 38.8 Å². The van der Waals surface area contributed by atoms with E-state index in [0.717, 1.165) is 17.5 Å². The number of benzene rings is 2. The first-order valence-corrected chi connectivity index (χ1v) is 12.7. The number of imidazole rings is 1. The van der Waals surface area contributed by atoms with Gasteiger partial charge in [-0.15, -0.1) is 0 Å². The summed E-state index contributed by atoms with van der Waals surface area (Å²) in [6.45, 7) is 4.25. The number of carbonyl (C=O) groups is 1. The van der Waals surface area contributed by atoms with Crippen molar-refractivity contribution in [1.29, 1.82) is 0 Å². The highest BCUT2D eigenvalue weighted by Crippen LogP contribution is 2.24. The summed E-state index contributed by atoms with van der Waals surface area (Å²) in [5.41, 5.74) is 1.68. The van der Waals surface area contributed by atoms with Gasteiger partial charge in [0, 0.05) is 12.3 Å². The van der Waals surface area contributed by atoms with Gasteiger partial charge in [-0.1, -0.05) is 49.0 Å². The summed E-state index contributed by atoms with van der Waals surface area (Å²) >= 11 is 1.50. The Balaban J connectivity index is 1.60. The average molecular weight is 462 g/mol. The summed E-state index contributed by atoms with van der Waals surface area (Å²) in [6, 6.07) is 16.0. The van der Waals surface area contributed by atoms with Gasteiger partial charge in [-0.2, -0.15) is 0 Å². The van der Waals surface area contributed by atoms with Crippen LogP contribution in [0.2, 0.25) is 0 Å². The molecule has 7 nitrogen and oxygen atoms in total. The van der Waals surface area contributed by atoms with Crippen molar-refractivity contribution in [2.45, 2.75) is 49.4 Å². The van der Waals surface area contributed by atoms with E-state index >= 15 is 0 Å². The minimum Gasteiger partial charge on any atom is -0.461 e. The van der Waals surface area contributed by atoms with Gasteiger partial charge in [-0.3, -0.25) is 4.79 Å². The van der Waals surface area contributed by atoms with Crippen molar-refractivity contribution in [3.63, 3.8) is 0 Å². The lowest BCUT2D eigenvalue weighted by atomic mass is 10.3. The van der Waals surface area contributed by atoms with Crippen LogP contribution in [0.1, 0.15) is 26.7 Å². The number of esters is 1. The molecule has 0 aliphatic heterocycles. The van der Waals surface area contributed by atoms with Crippen LogP contribution in [-0.2, 0) is 26.1 Å². The number of hydrogen-bond donors (Lipinski definition) is 1. The van der Waals surface area contributed by atoms with Crippen molar-refractivity contribution in [3.8, 4) is 0 Å². The predicted octanol–water partition coefficient (Wildman–Crippen LogP) is 3.84. The van der Waals surface area contributed by atoms with Gasteiger partial charge in [0.25, 0.3) is 0 Å². The molecule has 0 bridgehead atoms. The van der Waals surface area contributed by atoms with E-state index in [1.54, 1.807) is 30.3 Å². The summed E-state index contributed by atoms with van der Waals surface area (Å²) in [7, 11) is -3.51. The minimum absolute atomic E-state index is 0.0911. The van der Waals surface area contributed by atoms with E-state index in [0.29, 0.717) is 23.9 Å². The van der Waals surface area contributed by atoms with Crippen LogP contribution in [0.25, 0.3) is 11.0 Å². The maximum atomic E-state index is 12.3. The number of rotatable bonds is 11. The zero-order valence-electron chi connectivity index (χ0n) is 17.7. The van der Waals surface area contributed by atoms with Gasteiger partial charge < -0.3 is 9.30 Å². The molecule has 1 unspecified atom stereocenters. The molecule has 9 heteroatoms. The Bertz CT molecular complexity index is 1110. The van der Waals surface area contributed by atoms with Gasteiger partial charge in [-0.25, -0.2) is 18.1 Å². The second-order valence-corrected chi connectivity index (χ2v) is 9.92. The number of nitrogens with zero attached hydrogens (tertiary/aromatic N) is 2. The lowest BCUT2D eigenvalue weighted by molar-refractivity contribution is -0.149. The molecule has 3 aromatic rings. The summed E-state index contributed by atoms with van der Waals surface area (Å²) in [5.74, 6) is 0.357. The number of nitrogens with one attached hydrogen (secondary N) is 1. The monoisotopic (exact) mass is 461 g/mol. The average Bonchev–Trinajstić information content (AvgIpc) is 3.11. The second kappa shape index (κ2) is 10.8. The molecular formula is C22H27N3O4S2. The Kier molecular flexibility index (Phi) is 8.11. The quantitative estimate of drug-likeness (QED) is 0.265. The van der Waals surface area contributed by atoms with E-state index in [-0.39, 0.29) is 23.5 Å². The van der Waals surface area contributed by atoms with Crippen LogP contribution >= 0.6 is 11.8 Å².